The number of benzene rings is 2. The second kappa shape index (κ2) is 6.92. The summed E-state index contributed by atoms with van der Waals surface area (Å²) in [6, 6.07) is 14.3. The molecule has 26 heavy (non-hydrogen) atoms. The van der Waals surface area contributed by atoms with Crippen LogP contribution < -0.4 is 0 Å². The Bertz CT molecular complexity index is 934. The standard InChI is InChI=1S/C20H19N3O3/c1-20(2,3)16-9-7-15(8-10-16)19-22-21-18(26-19)13-6-14-4-11-17(12-5-14)23(24)25/h4-13H,1-3H3/b13-6+. The molecule has 0 aliphatic carbocycles. The minimum Gasteiger partial charge on any atom is -0.417 e. The molecule has 0 N–H and O–H groups in total. The lowest BCUT2D eigenvalue weighted by molar-refractivity contribution is -0.384. The van der Waals surface area contributed by atoms with Gasteiger partial charge in [0.25, 0.3) is 5.69 Å². The SMILES string of the molecule is CC(C)(C)c1ccc(-c2nnc(/C=C/c3ccc([N+](=O)[O-])cc3)o2)cc1. The molecule has 0 aliphatic heterocycles. The van der Waals surface area contributed by atoms with Gasteiger partial charge in [-0.3, -0.25) is 10.1 Å². The van der Waals surface area contributed by atoms with E-state index in [1.807, 2.05) is 12.1 Å². The molecular formula is C20H19N3O3. The summed E-state index contributed by atoms with van der Waals surface area (Å²) in [5, 5.41) is 18.7. The molecule has 0 spiro atoms. The molecule has 6 heteroatoms. The Morgan fingerprint density at radius 3 is 2.19 bits per heavy atom. The minimum absolute atomic E-state index is 0.0564. The first kappa shape index (κ1) is 17.5. The van der Waals surface area contributed by atoms with Crippen molar-refractivity contribution in [1.29, 1.82) is 0 Å². The fraction of sp³-hybridized carbons (Fsp3) is 0.200. The van der Waals surface area contributed by atoms with Crippen molar-refractivity contribution in [2.45, 2.75) is 26.2 Å². The van der Waals surface area contributed by atoms with Gasteiger partial charge in [-0.15, -0.1) is 10.2 Å². The van der Waals surface area contributed by atoms with E-state index in [-0.39, 0.29) is 11.1 Å². The first-order valence-electron chi connectivity index (χ1n) is 8.20. The molecule has 0 bridgehead atoms. The summed E-state index contributed by atoms with van der Waals surface area (Å²) in [4.78, 5) is 10.2. The van der Waals surface area contributed by atoms with Gasteiger partial charge >= 0.3 is 0 Å². The molecule has 0 amide bonds. The van der Waals surface area contributed by atoms with Crippen LogP contribution in [-0.2, 0) is 5.41 Å². The summed E-state index contributed by atoms with van der Waals surface area (Å²) in [6.45, 7) is 6.49. The number of non-ortho nitro benzene ring substituents is 1. The molecule has 0 radical (unpaired) electrons. The van der Waals surface area contributed by atoms with Gasteiger partial charge in [-0.05, 0) is 46.9 Å². The zero-order valence-electron chi connectivity index (χ0n) is 14.8. The fourth-order valence-electron chi connectivity index (χ4n) is 2.41. The number of hydrogen-bond donors (Lipinski definition) is 0. The van der Waals surface area contributed by atoms with Crippen LogP contribution in [0.2, 0.25) is 0 Å². The third-order valence-electron chi connectivity index (χ3n) is 3.96. The Morgan fingerprint density at radius 1 is 0.962 bits per heavy atom. The predicted octanol–water partition coefficient (Wildman–Crippen LogP) is 5.11. The number of hydrogen-bond acceptors (Lipinski definition) is 5. The van der Waals surface area contributed by atoms with E-state index in [4.69, 9.17) is 4.42 Å². The van der Waals surface area contributed by atoms with Crippen molar-refractivity contribution in [3.63, 3.8) is 0 Å². The molecule has 2 aromatic carbocycles. The molecule has 0 fully saturated rings. The largest absolute Gasteiger partial charge is 0.417 e. The van der Waals surface area contributed by atoms with Gasteiger partial charge in [0, 0.05) is 23.8 Å². The fourth-order valence-corrected chi connectivity index (χ4v) is 2.41. The van der Waals surface area contributed by atoms with Gasteiger partial charge in [-0.25, -0.2) is 0 Å². The van der Waals surface area contributed by atoms with Crippen molar-refractivity contribution < 1.29 is 9.34 Å². The van der Waals surface area contributed by atoms with Crippen molar-refractivity contribution in [2.75, 3.05) is 0 Å². The van der Waals surface area contributed by atoms with E-state index in [1.165, 1.54) is 17.7 Å². The Labute approximate surface area is 151 Å². The predicted molar refractivity (Wildman–Crippen MR) is 100 cm³/mol. The Morgan fingerprint density at radius 2 is 1.62 bits per heavy atom. The molecule has 0 atom stereocenters. The average Bonchev–Trinajstić information content (AvgIpc) is 3.09. The van der Waals surface area contributed by atoms with E-state index in [1.54, 1.807) is 24.3 Å². The van der Waals surface area contributed by atoms with Gasteiger partial charge in [0.15, 0.2) is 0 Å². The summed E-state index contributed by atoms with van der Waals surface area (Å²) in [5.41, 5.74) is 3.05. The van der Waals surface area contributed by atoms with Gasteiger partial charge in [-0.2, -0.15) is 0 Å². The van der Waals surface area contributed by atoms with Crippen LogP contribution in [0.25, 0.3) is 23.6 Å². The van der Waals surface area contributed by atoms with Crippen molar-refractivity contribution in [3.05, 3.63) is 75.7 Å². The van der Waals surface area contributed by atoms with Crippen LogP contribution in [0.5, 0.6) is 0 Å². The molecule has 1 aromatic heterocycles. The Hall–Kier alpha value is -3.28. The number of rotatable bonds is 4. The van der Waals surface area contributed by atoms with E-state index in [2.05, 4.69) is 43.1 Å². The highest BCUT2D eigenvalue weighted by Crippen LogP contribution is 2.25. The van der Waals surface area contributed by atoms with Gasteiger partial charge in [0.2, 0.25) is 11.8 Å². The highest BCUT2D eigenvalue weighted by molar-refractivity contribution is 5.67. The van der Waals surface area contributed by atoms with Gasteiger partial charge in [-0.1, -0.05) is 32.9 Å². The van der Waals surface area contributed by atoms with Crippen molar-refractivity contribution in [3.8, 4) is 11.5 Å². The zero-order chi connectivity index (χ0) is 18.7. The normalized spacial score (nSPS) is 11.8. The monoisotopic (exact) mass is 349 g/mol. The average molecular weight is 349 g/mol. The molecule has 1 heterocycles. The van der Waals surface area contributed by atoms with E-state index >= 15 is 0 Å². The molecule has 6 nitrogen and oxygen atoms in total. The summed E-state index contributed by atoms with van der Waals surface area (Å²) in [6.07, 6.45) is 3.45. The molecule has 132 valence electrons. The van der Waals surface area contributed by atoms with Gasteiger partial charge in [0.05, 0.1) is 4.92 Å². The number of nitrogens with zero attached hydrogens (tertiary/aromatic N) is 3. The Kier molecular flexibility index (Phi) is 4.67. The first-order valence-corrected chi connectivity index (χ1v) is 8.20. The summed E-state index contributed by atoms with van der Waals surface area (Å²) < 4.78 is 5.66. The summed E-state index contributed by atoms with van der Waals surface area (Å²) >= 11 is 0. The highest BCUT2D eigenvalue weighted by atomic mass is 16.6. The molecule has 3 rings (SSSR count). The van der Waals surface area contributed by atoms with Crippen LogP contribution in [0.4, 0.5) is 5.69 Å². The van der Waals surface area contributed by atoms with Crippen molar-refractivity contribution >= 4 is 17.8 Å². The third kappa shape index (κ3) is 4.03. The smallest absolute Gasteiger partial charge is 0.269 e. The topological polar surface area (TPSA) is 82.1 Å². The van der Waals surface area contributed by atoms with E-state index in [0.29, 0.717) is 11.8 Å². The quantitative estimate of drug-likeness (QED) is 0.483. The maximum absolute atomic E-state index is 10.7. The molecule has 3 aromatic rings. The highest BCUT2D eigenvalue weighted by Gasteiger charge is 2.14. The van der Waals surface area contributed by atoms with E-state index < -0.39 is 4.92 Å². The zero-order valence-corrected chi connectivity index (χ0v) is 14.8. The van der Waals surface area contributed by atoms with Crippen molar-refractivity contribution in [1.82, 2.24) is 10.2 Å². The second-order valence-electron chi connectivity index (χ2n) is 6.95. The van der Waals surface area contributed by atoms with Gasteiger partial charge in [0.1, 0.15) is 0 Å². The first-order chi connectivity index (χ1) is 12.3. The summed E-state index contributed by atoms with van der Waals surface area (Å²) in [7, 11) is 0. The summed E-state index contributed by atoms with van der Waals surface area (Å²) in [5.74, 6) is 0.826. The minimum atomic E-state index is -0.428. The Balaban J connectivity index is 1.74. The number of aromatic nitrogens is 2. The van der Waals surface area contributed by atoms with Gasteiger partial charge < -0.3 is 4.42 Å². The molecule has 0 saturated carbocycles. The maximum Gasteiger partial charge on any atom is 0.269 e. The molecular weight excluding hydrogens is 330 g/mol. The maximum atomic E-state index is 10.7. The molecule has 0 unspecified atom stereocenters. The van der Waals surface area contributed by atoms with Crippen LogP contribution >= 0.6 is 0 Å². The van der Waals surface area contributed by atoms with Crippen LogP contribution in [0, 0.1) is 10.1 Å². The lowest BCUT2D eigenvalue weighted by atomic mass is 9.87. The lowest BCUT2D eigenvalue weighted by Crippen LogP contribution is -2.10. The molecule has 0 aliphatic rings. The van der Waals surface area contributed by atoms with Crippen LogP contribution in [-0.4, -0.2) is 15.1 Å². The van der Waals surface area contributed by atoms with Crippen LogP contribution in [0.1, 0.15) is 37.8 Å². The van der Waals surface area contributed by atoms with Crippen LogP contribution in [0.3, 0.4) is 0 Å². The lowest BCUT2D eigenvalue weighted by Gasteiger charge is -2.18. The van der Waals surface area contributed by atoms with E-state index in [9.17, 15) is 10.1 Å². The van der Waals surface area contributed by atoms with Crippen molar-refractivity contribution in [2.24, 2.45) is 0 Å². The second-order valence-corrected chi connectivity index (χ2v) is 6.95. The van der Waals surface area contributed by atoms with E-state index in [0.717, 1.165) is 11.1 Å². The molecule has 0 saturated heterocycles. The number of nitro groups is 1. The van der Waals surface area contributed by atoms with Crippen LogP contribution in [0.15, 0.2) is 52.9 Å². The number of nitro benzene ring substituents is 1. The third-order valence-corrected chi connectivity index (χ3v) is 3.96.